The highest BCUT2D eigenvalue weighted by Gasteiger charge is 2.18. The van der Waals surface area contributed by atoms with Crippen molar-refractivity contribution in [2.45, 2.75) is 0 Å². The fourth-order valence-electron chi connectivity index (χ4n) is 5.73. The molecule has 0 bridgehead atoms. The minimum Gasteiger partial charge on any atom is -0.309 e. The Morgan fingerprint density at radius 1 is 0.500 bits per heavy atom. The molecule has 36 heavy (non-hydrogen) atoms. The fraction of sp³-hybridized carbons (Fsp3) is 0. The molecule has 3 heteroatoms. The molecule has 0 aliphatic carbocycles. The van der Waals surface area contributed by atoms with Crippen molar-refractivity contribution in [2.75, 3.05) is 0 Å². The molecule has 8 rings (SSSR count). The molecule has 0 saturated carbocycles. The lowest BCUT2D eigenvalue weighted by molar-refractivity contribution is 1.07. The zero-order valence-electron chi connectivity index (χ0n) is 19.5. The van der Waals surface area contributed by atoms with Crippen LogP contribution in [0.4, 0.5) is 0 Å². The maximum absolute atomic E-state index is 5.03. The van der Waals surface area contributed by atoms with Gasteiger partial charge in [0.1, 0.15) is 5.82 Å². The zero-order chi connectivity index (χ0) is 23.6. The Morgan fingerprint density at radius 3 is 2.19 bits per heavy atom. The van der Waals surface area contributed by atoms with Gasteiger partial charge in [-0.3, -0.25) is 0 Å². The predicted octanol–water partition coefficient (Wildman–Crippen LogP) is 8.43. The van der Waals surface area contributed by atoms with Gasteiger partial charge in [-0.2, -0.15) is 0 Å². The molecule has 0 saturated heterocycles. The summed E-state index contributed by atoms with van der Waals surface area (Å²) in [7, 11) is 0. The average molecular weight is 460 g/mol. The number of hydrogen-bond acceptors (Lipinski definition) is 1. The number of hydrogen-bond donors (Lipinski definition) is 0. The number of benzene rings is 5. The first kappa shape index (κ1) is 19.4. The van der Waals surface area contributed by atoms with Crippen LogP contribution < -0.4 is 0 Å². The van der Waals surface area contributed by atoms with Crippen molar-refractivity contribution >= 4 is 54.4 Å². The predicted molar refractivity (Wildman–Crippen MR) is 150 cm³/mol. The third kappa shape index (κ3) is 2.65. The van der Waals surface area contributed by atoms with Crippen LogP contribution in [0.15, 0.2) is 128 Å². The molecule has 3 heterocycles. The highest BCUT2D eigenvalue weighted by atomic mass is 15.1. The molecule has 0 atom stereocenters. The molecule has 3 aromatic heterocycles. The van der Waals surface area contributed by atoms with Gasteiger partial charge in [0.25, 0.3) is 0 Å². The summed E-state index contributed by atoms with van der Waals surface area (Å²) in [5.41, 5.74) is 5.79. The Morgan fingerprint density at radius 2 is 1.25 bits per heavy atom. The van der Waals surface area contributed by atoms with Crippen LogP contribution in [-0.4, -0.2) is 14.1 Å². The Balaban J connectivity index is 1.55. The lowest BCUT2D eigenvalue weighted by atomic mass is 10.0. The van der Waals surface area contributed by atoms with Crippen molar-refractivity contribution in [2.24, 2.45) is 0 Å². The quantitative estimate of drug-likeness (QED) is 0.254. The molecule has 0 amide bonds. The lowest BCUT2D eigenvalue weighted by Gasteiger charge is -2.11. The third-order valence-corrected chi connectivity index (χ3v) is 7.31. The van der Waals surface area contributed by atoms with E-state index in [1.165, 1.54) is 49.2 Å². The normalized spacial score (nSPS) is 11.9. The smallest absolute Gasteiger partial charge is 0.137 e. The van der Waals surface area contributed by atoms with Gasteiger partial charge in [0, 0.05) is 38.8 Å². The molecule has 0 fully saturated rings. The van der Waals surface area contributed by atoms with E-state index in [-0.39, 0.29) is 0 Å². The highest BCUT2D eigenvalue weighted by Crippen LogP contribution is 2.40. The molecule has 5 aromatic carbocycles. The van der Waals surface area contributed by atoms with E-state index in [0.717, 1.165) is 16.7 Å². The molecular weight excluding hydrogens is 438 g/mol. The summed E-state index contributed by atoms with van der Waals surface area (Å²) in [6, 6.07) is 43.1. The second-order valence-corrected chi connectivity index (χ2v) is 9.30. The fourth-order valence-corrected chi connectivity index (χ4v) is 5.73. The van der Waals surface area contributed by atoms with Crippen LogP contribution in [0, 0.1) is 0 Å². The molecule has 168 valence electrons. The Hall–Kier alpha value is -4.89. The standard InChI is InChI=1S/C33H21N3/c1-2-9-25(10-3-1)36-28-13-7-5-11-26(28)32-29(36)18-16-23-14-15-24-20-21-35(33(24)31(23)32)30-19-17-22-8-4-6-12-27(22)34-30/h1-21H. The van der Waals surface area contributed by atoms with Gasteiger partial charge >= 0.3 is 0 Å². The minimum absolute atomic E-state index is 0.931. The molecule has 0 radical (unpaired) electrons. The van der Waals surface area contributed by atoms with Crippen molar-refractivity contribution < 1.29 is 0 Å². The maximum atomic E-state index is 5.03. The van der Waals surface area contributed by atoms with Crippen molar-refractivity contribution in [1.29, 1.82) is 0 Å². The molecule has 0 spiro atoms. The van der Waals surface area contributed by atoms with E-state index in [0.29, 0.717) is 0 Å². The molecule has 0 N–H and O–H groups in total. The van der Waals surface area contributed by atoms with E-state index in [9.17, 15) is 0 Å². The Bertz CT molecular complexity index is 2100. The van der Waals surface area contributed by atoms with Gasteiger partial charge in [-0.1, -0.05) is 72.8 Å². The van der Waals surface area contributed by atoms with Crippen molar-refractivity contribution in [3.05, 3.63) is 128 Å². The van der Waals surface area contributed by atoms with E-state index in [2.05, 4.69) is 131 Å². The van der Waals surface area contributed by atoms with Crippen LogP contribution in [0.25, 0.3) is 65.9 Å². The van der Waals surface area contributed by atoms with Crippen molar-refractivity contribution in [3.8, 4) is 11.5 Å². The number of para-hydroxylation sites is 3. The van der Waals surface area contributed by atoms with Crippen molar-refractivity contribution in [1.82, 2.24) is 14.1 Å². The number of nitrogens with zero attached hydrogens (tertiary/aromatic N) is 3. The summed E-state index contributed by atoms with van der Waals surface area (Å²) < 4.78 is 4.63. The van der Waals surface area contributed by atoms with E-state index < -0.39 is 0 Å². The molecule has 8 aromatic rings. The van der Waals surface area contributed by atoms with Crippen LogP contribution in [0.2, 0.25) is 0 Å². The van der Waals surface area contributed by atoms with Gasteiger partial charge in [-0.25, -0.2) is 4.98 Å². The van der Waals surface area contributed by atoms with Gasteiger partial charge in [0.05, 0.1) is 22.1 Å². The van der Waals surface area contributed by atoms with Crippen LogP contribution in [0.5, 0.6) is 0 Å². The highest BCUT2D eigenvalue weighted by molar-refractivity contribution is 6.27. The topological polar surface area (TPSA) is 22.8 Å². The van der Waals surface area contributed by atoms with Gasteiger partial charge in [0.15, 0.2) is 0 Å². The van der Waals surface area contributed by atoms with Crippen LogP contribution in [-0.2, 0) is 0 Å². The first-order chi connectivity index (χ1) is 17.9. The summed E-state index contributed by atoms with van der Waals surface area (Å²) in [5, 5.41) is 7.38. The van der Waals surface area contributed by atoms with Crippen LogP contribution in [0.3, 0.4) is 0 Å². The lowest BCUT2D eigenvalue weighted by Crippen LogP contribution is -1.97. The molecule has 0 aliphatic rings. The largest absolute Gasteiger partial charge is 0.309 e. The second-order valence-electron chi connectivity index (χ2n) is 9.30. The van der Waals surface area contributed by atoms with Crippen molar-refractivity contribution in [3.63, 3.8) is 0 Å². The van der Waals surface area contributed by atoms with Gasteiger partial charge < -0.3 is 9.13 Å². The molecule has 0 aliphatic heterocycles. The van der Waals surface area contributed by atoms with Gasteiger partial charge in [0.2, 0.25) is 0 Å². The minimum atomic E-state index is 0.931. The van der Waals surface area contributed by atoms with Gasteiger partial charge in [-0.05, 0) is 53.9 Å². The zero-order valence-corrected chi connectivity index (χ0v) is 19.5. The number of fused-ring (bicyclic) bond motifs is 8. The van der Waals surface area contributed by atoms with Crippen LogP contribution >= 0.6 is 0 Å². The number of aromatic nitrogens is 3. The van der Waals surface area contributed by atoms with E-state index in [1.54, 1.807) is 0 Å². The van der Waals surface area contributed by atoms with E-state index >= 15 is 0 Å². The third-order valence-electron chi connectivity index (χ3n) is 7.31. The SMILES string of the molecule is c1ccc(-n2c3ccccc3c3c4c(ccc5ccn(-c6ccc7ccccc7n6)c54)ccc32)cc1. The van der Waals surface area contributed by atoms with Crippen LogP contribution in [0.1, 0.15) is 0 Å². The average Bonchev–Trinajstić information content (AvgIpc) is 3.53. The van der Waals surface area contributed by atoms with Gasteiger partial charge in [-0.15, -0.1) is 0 Å². The van der Waals surface area contributed by atoms with E-state index in [4.69, 9.17) is 4.98 Å². The van der Waals surface area contributed by atoms with E-state index in [1.807, 2.05) is 6.07 Å². The molecule has 0 unspecified atom stereocenters. The Labute approximate surface area is 207 Å². The first-order valence-corrected chi connectivity index (χ1v) is 12.2. The summed E-state index contributed by atoms with van der Waals surface area (Å²) in [6.45, 7) is 0. The monoisotopic (exact) mass is 459 g/mol. The summed E-state index contributed by atoms with van der Waals surface area (Å²) in [4.78, 5) is 5.03. The Kier molecular flexibility index (Phi) is 3.94. The summed E-state index contributed by atoms with van der Waals surface area (Å²) in [6.07, 6.45) is 2.15. The molecule has 3 nitrogen and oxygen atoms in total. The summed E-state index contributed by atoms with van der Waals surface area (Å²) in [5.74, 6) is 0.931. The first-order valence-electron chi connectivity index (χ1n) is 12.2. The summed E-state index contributed by atoms with van der Waals surface area (Å²) >= 11 is 0. The maximum Gasteiger partial charge on any atom is 0.137 e. The second kappa shape index (κ2) is 7.30. The number of pyridine rings is 1. The molecular formula is C33H21N3. The number of rotatable bonds is 2.